The lowest BCUT2D eigenvalue weighted by Gasteiger charge is -2.13. The van der Waals surface area contributed by atoms with Crippen LogP contribution < -0.4 is 15.5 Å². The van der Waals surface area contributed by atoms with Gasteiger partial charge in [-0.1, -0.05) is 35.9 Å². The molecule has 0 aliphatic heterocycles. The van der Waals surface area contributed by atoms with Crippen molar-refractivity contribution in [1.82, 2.24) is 10.6 Å². The number of amides is 2. The summed E-state index contributed by atoms with van der Waals surface area (Å²) in [6, 6.07) is 14.4. The molecule has 0 heterocycles. The lowest BCUT2D eigenvalue weighted by atomic mass is 10.1. The van der Waals surface area contributed by atoms with E-state index in [1.54, 1.807) is 30.3 Å². The molecule has 26 heavy (non-hydrogen) atoms. The zero-order valence-corrected chi connectivity index (χ0v) is 15.8. The van der Waals surface area contributed by atoms with Gasteiger partial charge in [0.15, 0.2) is 0 Å². The van der Waals surface area contributed by atoms with E-state index in [1.165, 1.54) is 0 Å². The number of rotatable bonds is 6. The highest BCUT2D eigenvalue weighted by Gasteiger charge is 2.15. The molecule has 0 atom stereocenters. The summed E-state index contributed by atoms with van der Waals surface area (Å²) in [4.78, 5) is 26.8. The molecule has 2 aromatic rings. The number of anilines is 1. The highest BCUT2D eigenvalue weighted by molar-refractivity contribution is 6.34. The number of carbonyl (C=O) groups excluding carboxylic acids is 2. The maximum atomic E-state index is 12.5. The maximum Gasteiger partial charge on any atom is 0.267 e. The predicted molar refractivity (Wildman–Crippen MR) is 106 cm³/mol. The third kappa shape index (κ3) is 5.10. The number of likely N-dealkylation sites (N-methyl/N-ethyl adjacent to an activating group) is 1. The molecule has 2 rings (SSSR count). The summed E-state index contributed by atoms with van der Waals surface area (Å²) in [5.41, 5.74) is 2.32. The Labute approximate surface area is 158 Å². The van der Waals surface area contributed by atoms with Crippen LogP contribution in [0.15, 0.2) is 54.2 Å². The summed E-state index contributed by atoms with van der Waals surface area (Å²) in [5.74, 6) is -0.789. The molecule has 0 spiro atoms. The van der Waals surface area contributed by atoms with Gasteiger partial charge in [-0.05, 0) is 42.8 Å². The van der Waals surface area contributed by atoms with E-state index in [-0.39, 0.29) is 11.6 Å². The Morgan fingerprint density at radius 2 is 1.73 bits per heavy atom. The molecule has 0 aromatic heterocycles. The van der Waals surface area contributed by atoms with Gasteiger partial charge in [0.25, 0.3) is 11.8 Å². The second kappa shape index (κ2) is 9.06. The summed E-state index contributed by atoms with van der Waals surface area (Å²) >= 11 is 6.07. The van der Waals surface area contributed by atoms with Crippen LogP contribution in [0.4, 0.5) is 5.69 Å². The fourth-order valence-electron chi connectivity index (χ4n) is 2.28. The second-order valence-electron chi connectivity index (χ2n) is 5.84. The number of nitrogens with zero attached hydrogens (tertiary/aromatic N) is 1. The molecule has 0 saturated heterocycles. The van der Waals surface area contributed by atoms with Gasteiger partial charge in [-0.25, -0.2) is 0 Å². The highest BCUT2D eigenvalue weighted by Crippen LogP contribution is 2.17. The molecule has 0 saturated carbocycles. The van der Waals surface area contributed by atoms with Crippen LogP contribution in [0.25, 0.3) is 6.08 Å². The molecular formula is C20H22ClN3O2. The average molecular weight is 372 g/mol. The first-order valence-corrected chi connectivity index (χ1v) is 8.63. The van der Waals surface area contributed by atoms with Crippen molar-refractivity contribution in [2.75, 3.05) is 25.5 Å². The van der Waals surface area contributed by atoms with Crippen LogP contribution in [0.2, 0.25) is 5.02 Å². The zero-order chi connectivity index (χ0) is 19.1. The van der Waals surface area contributed by atoms with Crippen molar-refractivity contribution >= 4 is 35.2 Å². The molecule has 2 N–H and O–H groups in total. The summed E-state index contributed by atoms with van der Waals surface area (Å²) in [7, 11) is 3.91. The van der Waals surface area contributed by atoms with E-state index < -0.39 is 5.91 Å². The van der Waals surface area contributed by atoms with Crippen molar-refractivity contribution < 1.29 is 9.59 Å². The van der Waals surface area contributed by atoms with Gasteiger partial charge < -0.3 is 15.5 Å². The molecule has 0 aliphatic rings. The number of hydrogen-bond acceptors (Lipinski definition) is 3. The molecule has 6 heteroatoms. The van der Waals surface area contributed by atoms with E-state index in [4.69, 9.17) is 11.6 Å². The first-order chi connectivity index (χ1) is 12.4. The smallest absolute Gasteiger partial charge is 0.267 e. The van der Waals surface area contributed by atoms with Gasteiger partial charge in [0.2, 0.25) is 0 Å². The molecule has 5 nitrogen and oxygen atoms in total. The Balaban J connectivity index is 2.29. The van der Waals surface area contributed by atoms with E-state index in [1.807, 2.05) is 50.2 Å². The average Bonchev–Trinajstić information content (AvgIpc) is 2.62. The van der Waals surface area contributed by atoms with Crippen LogP contribution in [0.1, 0.15) is 22.8 Å². The number of nitrogens with one attached hydrogen (secondary N) is 2. The number of halogens is 1. The van der Waals surface area contributed by atoms with Gasteiger partial charge in [-0.3, -0.25) is 9.59 Å². The van der Waals surface area contributed by atoms with Crippen molar-refractivity contribution in [2.45, 2.75) is 6.92 Å². The van der Waals surface area contributed by atoms with Crippen molar-refractivity contribution in [1.29, 1.82) is 0 Å². The van der Waals surface area contributed by atoms with Gasteiger partial charge in [-0.2, -0.15) is 0 Å². The SMILES string of the molecule is CCNC(=O)/C(=C/c1ccc(N(C)C)cc1)NC(=O)c1ccccc1Cl. The maximum absolute atomic E-state index is 12.5. The normalized spacial score (nSPS) is 11.0. The summed E-state index contributed by atoms with van der Waals surface area (Å²) < 4.78 is 0. The Kier molecular flexibility index (Phi) is 6.81. The van der Waals surface area contributed by atoms with Gasteiger partial charge in [0.05, 0.1) is 10.6 Å². The minimum atomic E-state index is -0.432. The minimum absolute atomic E-state index is 0.161. The first-order valence-electron chi connectivity index (χ1n) is 8.25. The quantitative estimate of drug-likeness (QED) is 0.766. The Bertz CT molecular complexity index is 814. The van der Waals surface area contributed by atoms with Crippen LogP contribution in [0.5, 0.6) is 0 Å². The zero-order valence-electron chi connectivity index (χ0n) is 15.0. The monoisotopic (exact) mass is 371 g/mol. The Hall–Kier alpha value is -2.79. The van der Waals surface area contributed by atoms with Crippen LogP contribution in [-0.4, -0.2) is 32.5 Å². The van der Waals surface area contributed by atoms with Crippen LogP contribution >= 0.6 is 11.6 Å². The summed E-state index contributed by atoms with van der Waals surface area (Å²) in [5, 5.41) is 5.69. The van der Waals surface area contributed by atoms with Gasteiger partial charge in [0, 0.05) is 26.3 Å². The molecule has 0 aliphatic carbocycles. The number of benzene rings is 2. The van der Waals surface area contributed by atoms with Crippen molar-refractivity contribution in [3.05, 3.63) is 70.4 Å². The predicted octanol–water partition coefficient (Wildman–Crippen LogP) is 3.31. The lowest BCUT2D eigenvalue weighted by Crippen LogP contribution is -2.34. The molecule has 0 fully saturated rings. The minimum Gasteiger partial charge on any atom is -0.378 e. The van der Waals surface area contributed by atoms with E-state index in [9.17, 15) is 9.59 Å². The van der Waals surface area contributed by atoms with Crippen molar-refractivity contribution in [2.24, 2.45) is 0 Å². The standard InChI is InChI=1S/C20H22ClN3O2/c1-4-22-20(26)18(13-14-9-11-15(12-10-14)24(2)3)23-19(25)16-7-5-6-8-17(16)21/h5-13H,4H2,1-3H3,(H,22,26)(H,23,25)/b18-13-. The summed E-state index contributed by atoms with van der Waals surface area (Å²) in [6.45, 7) is 2.27. The van der Waals surface area contributed by atoms with Crippen LogP contribution in [0.3, 0.4) is 0 Å². The number of carbonyl (C=O) groups is 2. The third-order valence-corrected chi connectivity index (χ3v) is 4.00. The molecule has 0 bridgehead atoms. The summed E-state index contributed by atoms with van der Waals surface area (Å²) in [6.07, 6.45) is 1.64. The highest BCUT2D eigenvalue weighted by atomic mass is 35.5. The lowest BCUT2D eigenvalue weighted by molar-refractivity contribution is -0.117. The molecule has 0 unspecified atom stereocenters. The number of hydrogen-bond donors (Lipinski definition) is 2. The molecule has 0 radical (unpaired) electrons. The van der Waals surface area contributed by atoms with Crippen LogP contribution in [0, 0.1) is 0 Å². The van der Waals surface area contributed by atoms with E-state index in [0.717, 1.165) is 11.3 Å². The van der Waals surface area contributed by atoms with E-state index in [0.29, 0.717) is 17.1 Å². The molecular weight excluding hydrogens is 350 g/mol. The molecule has 2 amide bonds. The van der Waals surface area contributed by atoms with Gasteiger partial charge in [-0.15, -0.1) is 0 Å². The Morgan fingerprint density at radius 3 is 2.31 bits per heavy atom. The van der Waals surface area contributed by atoms with Gasteiger partial charge >= 0.3 is 0 Å². The van der Waals surface area contributed by atoms with Crippen LogP contribution in [-0.2, 0) is 4.79 Å². The van der Waals surface area contributed by atoms with Crippen molar-refractivity contribution in [3.8, 4) is 0 Å². The fraction of sp³-hybridized carbons (Fsp3) is 0.200. The van der Waals surface area contributed by atoms with Gasteiger partial charge in [0.1, 0.15) is 5.70 Å². The van der Waals surface area contributed by atoms with E-state index >= 15 is 0 Å². The second-order valence-corrected chi connectivity index (χ2v) is 6.24. The third-order valence-electron chi connectivity index (χ3n) is 3.67. The van der Waals surface area contributed by atoms with E-state index in [2.05, 4.69) is 10.6 Å². The fourth-order valence-corrected chi connectivity index (χ4v) is 2.51. The largest absolute Gasteiger partial charge is 0.378 e. The van der Waals surface area contributed by atoms with Crippen molar-refractivity contribution in [3.63, 3.8) is 0 Å². The topological polar surface area (TPSA) is 61.4 Å². The molecule has 2 aromatic carbocycles. The Morgan fingerprint density at radius 1 is 1.08 bits per heavy atom. The molecule has 136 valence electrons. The first kappa shape index (κ1) is 19.5.